The minimum atomic E-state index is -0.579. The van der Waals surface area contributed by atoms with E-state index in [9.17, 15) is 8.78 Å². The average Bonchev–Trinajstić information content (AvgIpc) is 2.64. The molecule has 1 aromatic carbocycles. The van der Waals surface area contributed by atoms with E-state index in [0.717, 1.165) is 24.5 Å². The molecule has 0 saturated carbocycles. The molecule has 1 aliphatic heterocycles. The van der Waals surface area contributed by atoms with Gasteiger partial charge in [-0.3, -0.25) is 0 Å². The number of hydrogen-bond donors (Lipinski definition) is 0. The van der Waals surface area contributed by atoms with E-state index < -0.39 is 11.6 Å². The molecule has 1 aliphatic rings. The Hall–Kier alpha value is -2.31. The van der Waals surface area contributed by atoms with Gasteiger partial charge in [0.2, 0.25) is 0 Å². The highest BCUT2D eigenvalue weighted by Crippen LogP contribution is 2.29. The van der Waals surface area contributed by atoms with Crippen molar-refractivity contribution in [2.75, 3.05) is 18.0 Å². The fourth-order valence-electron chi connectivity index (χ4n) is 3.09. The van der Waals surface area contributed by atoms with Crippen molar-refractivity contribution in [1.29, 1.82) is 0 Å². The fraction of sp³-hybridized carbons (Fsp3) is 0.211. The minimum Gasteiger partial charge on any atom is -0.353 e. The Balaban J connectivity index is 1.54. The molecule has 4 nitrogen and oxygen atoms in total. The predicted octanol–water partition coefficient (Wildman–Crippen LogP) is 5.29. The fourth-order valence-corrected chi connectivity index (χ4v) is 3.50. The number of aromatic nitrogens is 3. The summed E-state index contributed by atoms with van der Waals surface area (Å²) in [4.78, 5) is 15.0. The van der Waals surface area contributed by atoms with Crippen molar-refractivity contribution in [2.45, 2.75) is 12.8 Å². The van der Waals surface area contributed by atoms with Crippen LogP contribution in [0.2, 0.25) is 10.3 Å². The molecule has 3 aromatic rings. The van der Waals surface area contributed by atoms with Gasteiger partial charge in [0.15, 0.2) is 11.0 Å². The number of benzene rings is 1. The highest BCUT2D eigenvalue weighted by Gasteiger charge is 2.20. The average molecular weight is 407 g/mol. The molecule has 1 saturated heterocycles. The Kier molecular flexibility index (Phi) is 4.93. The van der Waals surface area contributed by atoms with Crippen molar-refractivity contribution in [3.8, 4) is 0 Å². The summed E-state index contributed by atoms with van der Waals surface area (Å²) in [5, 5.41) is 0.642. The van der Waals surface area contributed by atoms with Gasteiger partial charge in [-0.2, -0.15) is 0 Å². The molecule has 0 atom stereocenters. The molecule has 138 valence electrons. The summed E-state index contributed by atoms with van der Waals surface area (Å²) >= 11 is 12.2. The number of rotatable bonds is 2. The Bertz CT molecular complexity index is 1050. The first-order valence-electron chi connectivity index (χ1n) is 8.38. The van der Waals surface area contributed by atoms with Crippen molar-refractivity contribution >= 4 is 46.1 Å². The Morgan fingerprint density at radius 2 is 1.78 bits per heavy atom. The van der Waals surface area contributed by atoms with Crippen LogP contribution >= 0.6 is 23.2 Å². The largest absolute Gasteiger partial charge is 0.353 e. The third kappa shape index (κ3) is 3.87. The molecule has 0 unspecified atom stereocenters. The molecule has 0 N–H and O–H groups in total. The van der Waals surface area contributed by atoms with Crippen LogP contribution in [-0.4, -0.2) is 28.0 Å². The second-order valence-electron chi connectivity index (χ2n) is 6.29. The standard InChI is InChI=1S/C19H14Cl2F2N4/c20-17-9-15-16(10-24-17)26-19(18(21)25-15)27-5-3-11(4-6-27)7-12-1-2-13(22)8-14(12)23/h1-2,7-10H,3-6H2. The zero-order chi connectivity index (χ0) is 19.0. The van der Waals surface area contributed by atoms with E-state index in [4.69, 9.17) is 23.2 Å². The van der Waals surface area contributed by atoms with Crippen LogP contribution in [0.4, 0.5) is 14.6 Å². The van der Waals surface area contributed by atoms with Crippen molar-refractivity contribution in [3.63, 3.8) is 0 Å². The molecule has 2 aromatic heterocycles. The van der Waals surface area contributed by atoms with Gasteiger partial charge in [0, 0.05) is 30.8 Å². The zero-order valence-electron chi connectivity index (χ0n) is 14.1. The number of hydrogen-bond acceptors (Lipinski definition) is 4. The number of piperidine rings is 1. The van der Waals surface area contributed by atoms with Gasteiger partial charge in [-0.05, 0) is 25.0 Å². The third-order valence-corrected chi connectivity index (χ3v) is 4.95. The van der Waals surface area contributed by atoms with Gasteiger partial charge in [-0.25, -0.2) is 23.7 Å². The predicted molar refractivity (Wildman–Crippen MR) is 103 cm³/mol. The maximum atomic E-state index is 13.8. The Morgan fingerprint density at radius 1 is 1.00 bits per heavy atom. The number of fused-ring (bicyclic) bond motifs is 1. The lowest BCUT2D eigenvalue weighted by Gasteiger charge is -2.30. The Labute approximate surface area is 164 Å². The van der Waals surface area contributed by atoms with Gasteiger partial charge < -0.3 is 4.90 Å². The van der Waals surface area contributed by atoms with E-state index in [-0.39, 0.29) is 0 Å². The summed E-state index contributed by atoms with van der Waals surface area (Å²) in [7, 11) is 0. The lowest BCUT2D eigenvalue weighted by Crippen LogP contribution is -2.31. The van der Waals surface area contributed by atoms with E-state index in [1.807, 2.05) is 4.90 Å². The summed E-state index contributed by atoms with van der Waals surface area (Å²) in [6.07, 6.45) is 4.81. The summed E-state index contributed by atoms with van der Waals surface area (Å²) in [6.45, 7) is 1.35. The first kappa shape index (κ1) is 18.1. The second-order valence-corrected chi connectivity index (χ2v) is 7.03. The van der Waals surface area contributed by atoms with E-state index in [1.54, 1.807) is 18.3 Å². The van der Waals surface area contributed by atoms with Crippen LogP contribution in [0.25, 0.3) is 17.1 Å². The molecule has 0 amide bonds. The molecular formula is C19H14Cl2F2N4. The SMILES string of the molecule is Fc1ccc(C=C2CCN(c3nc4cnc(Cl)cc4nc3Cl)CC2)c(F)c1. The first-order valence-corrected chi connectivity index (χ1v) is 9.13. The lowest BCUT2D eigenvalue weighted by molar-refractivity contribution is 0.581. The summed E-state index contributed by atoms with van der Waals surface area (Å²) < 4.78 is 26.9. The number of pyridine rings is 1. The lowest BCUT2D eigenvalue weighted by atomic mass is 10.0. The van der Waals surface area contributed by atoms with Gasteiger partial charge >= 0.3 is 0 Å². The Morgan fingerprint density at radius 3 is 2.52 bits per heavy atom. The maximum absolute atomic E-state index is 13.8. The normalized spacial score (nSPS) is 14.7. The molecule has 3 heterocycles. The van der Waals surface area contributed by atoms with Gasteiger partial charge in [0.1, 0.15) is 22.3 Å². The maximum Gasteiger partial charge on any atom is 0.172 e. The quantitative estimate of drug-likeness (QED) is 0.541. The molecule has 0 aliphatic carbocycles. The van der Waals surface area contributed by atoms with Crippen molar-refractivity contribution in [1.82, 2.24) is 15.0 Å². The van der Waals surface area contributed by atoms with Crippen molar-refractivity contribution in [3.05, 3.63) is 63.5 Å². The van der Waals surface area contributed by atoms with Crippen LogP contribution in [0.3, 0.4) is 0 Å². The molecule has 0 radical (unpaired) electrons. The molecule has 27 heavy (non-hydrogen) atoms. The molecule has 1 fully saturated rings. The summed E-state index contributed by atoms with van der Waals surface area (Å²) in [5.41, 5.74) is 2.70. The van der Waals surface area contributed by atoms with E-state index in [2.05, 4.69) is 15.0 Å². The highest BCUT2D eigenvalue weighted by atomic mass is 35.5. The van der Waals surface area contributed by atoms with Crippen LogP contribution in [0.5, 0.6) is 0 Å². The van der Waals surface area contributed by atoms with Gasteiger partial charge in [0.25, 0.3) is 0 Å². The smallest absolute Gasteiger partial charge is 0.172 e. The van der Waals surface area contributed by atoms with E-state index >= 15 is 0 Å². The summed E-state index contributed by atoms with van der Waals surface area (Å²) in [6, 6.07) is 5.23. The van der Waals surface area contributed by atoms with Crippen LogP contribution in [0, 0.1) is 11.6 Å². The van der Waals surface area contributed by atoms with Crippen LogP contribution < -0.4 is 4.90 Å². The van der Waals surface area contributed by atoms with Gasteiger partial charge in [-0.1, -0.05) is 34.9 Å². The van der Waals surface area contributed by atoms with Crippen LogP contribution in [-0.2, 0) is 0 Å². The van der Waals surface area contributed by atoms with E-state index in [1.165, 1.54) is 12.1 Å². The highest BCUT2D eigenvalue weighted by molar-refractivity contribution is 6.32. The summed E-state index contributed by atoms with van der Waals surface area (Å²) in [5.74, 6) is -0.537. The second kappa shape index (κ2) is 7.37. The van der Waals surface area contributed by atoms with Crippen LogP contribution in [0.15, 0.2) is 36.0 Å². The first-order chi connectivity index (χ1) is 13.0. The molecule has 8 heteroatoms. The van der Waals surface area contributed by atoms with Crippen molar-refractivity contribution < 1.29 is 8.78 Å². The number of halogens is 4. The topological polar surface area (TPSA) is 41.9 Å². The van der Waals surface area contributed by atoms with Gasteiger partial charge in [-0.15, -0.1) is 0 Å². The zero-order valence-corrected chi connectivity index (χ0v) is 15.6. The molecule has 0 bridgehead atoms. The van der Waals surface area contributed by atoms with E-state index in [0.29, 0.717) is 45.8 Å². The third-order valence-electron chi connectivity index (χ3n) is 4.49. The molecular weight excluding hydrogens is 393 g/mol. The molecule has 0 spiro atoms. The minimum absolute atomic E-state index is 0.307. The monoisotopic (exact) mass is 406 g/mol. The van der Waals surface area contributed by atoms with Crippen LogP contribution in [0.1, 0.15) is 18.4 Å². The number of nitrogens with zero attached hydrogens (tertiary/aromatic N) is 4. The van der Waals surface area contributed by atoms with Gasteiger partial charge in [0.05, 0.1) is 11.7 Å². The number of anilines is 1. The molecule has 4 rings (SSSR count). The van der Waals surface area contributed by atoms with Crippen molar-refractivity contribution in [2.24, 2.45) is 0 Å².